The van der Waals surface area contributed by atoms with Crippen LogP contribution in [0.3, 0.4) is 0 Å². The quantitative estimate of drug-likeness (QED) is 0.278. The van der Waals surface area contributed by atoms with E-state index in [0.717, 1.165) is 0 Å². The average Bonchev–Trinajstić information content (AvgIpc) is 2.13. The summed E-state index contributed by atoms with van der Waals surface area (Å²) in [5.74, 6) is -0.707. The zero-order valence-electron chi connectivity index (χ0n) is 9.16. The van der Waals surface area contributed by atoms with E-state index >= 15 is 0 Å². The molecule has 0 bridgehead atoms. The monoisotopic (exact) mass is 257 g/mol. The molecular formula is C7H16NO7P. The molecule has 0 aromatic carbocycles. The molecule has 96 valence electrons. The number of esters is 1. The van der Waals surface area contributed by atoms with Crippen LogP contribution in [0.4, 0.5) is 0 Å². The first-order valence-corrected chi connectivity index (χ1v) is 6.40. The van der Waals surface area contributed by atoms with Crippen LogP contribution in [0.5, 0.6) is 0 Å². The molecule has 0 heterocycles. The lowest BCUT2D eigenvalue weighted by atomic mass is 10.6. The number of hydrogen-bond acceptors (Lipinski definition) is 7. The molecule has 0 saturated heterocycles. The molecule has 1 atom stereocenters. The van der Waals surface area contributed by atoms with Gasteiger partial charge in [0.2, 0.25) is 0 Å². The van der Waals surface area contributed by atoms with E-state index < -0.39 is 26.4 Å². The van der Waals surface area contributed by atoms with Crippen LogP contribution in [0.25, 0.3) is 0 Å². The van der Waals surface area contributed by atoms with E-state index in [2.05, 4.69) is 14.3 Å². The fourth-order valence-electron chi connectivity index (χ4n) is 0.771. The van der Waals surface area contributed by atoms with E-state index in [1.54, 1.807) is 13.8 Å². The standard InChI is InChI=1S/C7H16NO7P/c1-3-13-7(9)5-8(10)6-16(11,12)15-14-4-2/h10H,3-6H2,1-2H3,(H,11,12). The molecule has 0 rings (SSSR count). The molecule has 0 saturated carbocycles. The fourth-order valence-corrected chi connectivity index (χ4v) is 1.60. The summed E-state index contributed by atoms with van der Waals surface area (Å²) in [5, 5.41) is 9.48. The third-order valence-electron chi connectivity index (χ3n) is 1.25. The first-order valence-electron chi connectivity index (χ1n) is 4.63. The minimum atomic E-state index is -4.09. The van der Waals surface area contributed by atoms with Crippen molar-refractivity contribution in [3.63, 3.8) is 0 Å². The molecule has 0 fully saturated rings. The second kappa shape index (κ2) is 7.72. The maximum atomic E-state index is 11.2. The summed E-state index contributed by atoms with van der Waals surface area (Å²) >= 11 is 0. The van der Waals surface area contributed by atoms with E-state index in [4.69, 9.17) is 10.1 Å². The van der Waals surface area contributed by atoms with Crippen LogP contribution in [-0.2, 0) is 23.7 Å². The van der Waals surface area contributed by atoms with Gasteiger partial charge < -0.3 is 14.8 Å². The van der Waals surface area contributed by atoms with Gasteiger partial charge in [0.05, 0.1) is 13.2 Å². The van der Waals surface area contributed by atoms with Gasteiger partial charge in [0.15, 0.2) is 0 Å². The fraction of sp³-hybridized carbons (Fsp3) is 0.857. The average molecular weight is 257 g/mol. The van der Waals surface area contributed by atoms with Crippen LogP contribution in [0.1, 0.15) is 13.8 Å². The predicted molar refractivity (Wildman–Crippen MR) is 52.5 cm³/mol. The van der Waals surface area contributed by atoms with Gasteiger partial charge in [-0.2, -0.15) is 5.06 Å². The Morgan fingerprint density at radius 2 is 2.00 bits per heavy atom. The zero-order valence-corrected chi connectivity index (χ0v) is 10.1. The zero-order chi connectivity index (χ0) is 12.6. The van der Waals surface area contributed by atoms with Gasteiger partial charge in [0.25, 0.3) is 0 Å². The van der Waals surface area contributed by atoms with E-state index in [-0.39, 0.29) is 13.2 Å². The molecule has 0 aromatic heterocycles. The Kier molecular flexibility index (Phi) is 7.48. The summed E-state index contributed by atoms with van der Waals surface area (Å²) in [5.41, 5.74) is 0. The van der Waals surface area contributed by atoms with Crippen molar-refractivity contribution >= 4 is 13.6 Å². The first-order chi connectivity index (χ1) is 7.41. The number of rotatable bonds is 8. The Bertz CT molecular complexity index is 259. The number of carbonyl (C=O) groups excluding carboxylic acids is 1. The maximum absolute atomic E-state index is 11.2. The molecule has 8 nitrogen and oxygen atoms in total. The van der Waals surface area contributed by atoms with Crippen LogP contribution in [0.2, 0.25) is 0 Å². The molecule has 0 radical (unpaired) electrons. The maximum Gasteiger partial charge on any atom is 0.371 e. The lowest BCUT2D eigenvalue weighted by molar-refractivity contribution is -0.212. The van der Waals surface area contributed by atoms with Crippen molar-refractivity contribution in [2.75, 3.05) is 26.0 Å². The third kappa shape index (κ3) is 7.75. The highest BCUT2D eigenvalue weighted by atomic mass is 31.2. The van der Waals surface area contributed by atoms with Gasteiger partial charge in [-0.1, -0.05) is 0 Å². The lowest BCUT2D eigenvalue weighted by Crippen LogP contribution is -2.29. The summed E-state index contributed by atoms with van der Waals surface area (Å²) in [6.45, 7) is 2.91. The Morgan fingerprint density at radius 3 is 2.50 bits per heavy atom. The second-order valence-electron chi connectivity index (χ2n) is 2.73. The summed E-state index contributed by atoms with van der Waals surface area (Å²) in [7, 11) is -4.09. The Morgan fingerprint density at radius 1 is 1.38 bits per heavy atom. The van der Waals surface area contributed by atoms with E-state index in [9.17, 15) is 9.36 Å². The smallest absolute Gasteiger partial charge is 0.371 e. The van der Waals surface area contributed by atoms with E-state index in [1.807, 2.05) is 0 Å². The van der Waals surface area contributed by atoms with Gasteiger partial charge in [0.1, 0.15) is 12.8 Å². The Labute approximate surface area is 93.1 Å². The molecular weight excluding hydrogens is 241 g/mol. The van der Waals surface area contributed by atoms with E-state index in [0.29, 0.717) is 5.06 Å². The first kappa shape index (κ1) is 15.5. The number of hydrogen-bond donors (Lipinski definition) is 2. The van der Waals surface area contributed by atoms with Crippen LogP contribution in [0.15, 0.2) is 0 Å². The van der Waals surface area contributed by atoms with Gasteiger partial charge >= 0.3 is 13.6 Å². The summed E-state index contributed by atoms with van der Waals surface area (Å²) in [4.78, 5) is 24.3. The summed E-state index contributed by atoms with van der Waals surface area (Å²) < 4.78 is 19.8. The summed E-state index contributed by atoms with van der Waals surface area (Å²) in [6, 6.07) is 0. The van der Waals surface area contributed by atoms with Crippen LogP contribution >= 0.6 is 7.60 Å². The molecule has 0 spiro atoms. The van der Waals surface area contributed by atoms with Gasteiger partial charge in [-0.3, -0.25) is 9.36 Å². The van der Waals surface area contributed by atoms with Gasteiger partial charge in [-0.15, -0.1) is 4.67 Å². The van der Waals surface area contributed by atoms with Crippen LogP contribution in [0, 0.1) is 0 Å². The minimum absolute atomic E-state index is 0.0911. The highest BCUT2D eigenvalue weighted by Gasteiger charge is 2.25. The molecule has 1 unspecified atom stereocenters. The minimum Gasteiger partial charge on any atom is -0.465 e. The SMILES string of the molecule is CCOOP(=O)(O)CN(O)CC(=O)OCC. The molecule has 2 N–H and O–H groups in total. The molecule has 0 aliphatic rings. The molecule has 0 aliphatic carbocycles. The molecule has 0 aliphatic heterocycles. The predicted octanol–water partition coefficient (Wildman–Crippen LogP) is 0.352. The third-order valence-corrected chi connectivity index (χ3v) is 2.27. The summed E-state index contributed by atoms with van der Waals surface area (Å²) in [6.07, 6.45) is -0.744. The Hall–Kier alpha value is -0.500. The lowest BCUT2D eigenvalue weighted by Gasteiger charge is -2.16. The van der Waals surface area contributed by atoms with Gasteiger partial charge in [-0.25, -0.2) is 4.89 Å². The Balaban J connectivity index is 3.97. The topological polar surface area (TPSA) is 106 Å². The number of ether oxygens (including phenoxy) is 1. The highest BCUT2D eigenvalue weighted by Crippen LogP contribution is 2.42. The van der Waals surface area contributed by atoms with Crippen molar-refractivity contribution in [3.05, 3.63) is 0 Å². The number of hydroxylamine groups is 2. The van der Waals surface area contributed by atoms with Crippen LogP contribution in [-0.4, -0.2) is 47.2 Å². The second-order valence-corrected chi connectivity index (χ2v) is 4.44. The highest BCUT2D eigenvalue weighted by molar-refractivity contribution is 7.52. The van der Waals surface area contributed by atoms with Crippen molar-refractivity contribution in [3.8, 4) is 0 Å². The van der Waals surface area contributed by atoms with Crippen molar-refractivity contribution in [1.29, 1.82) is 0 Å². The normalized spacial score (nSPS) is 14.8. The van der Waals surface area contributed by atoms with Crippen molar-refractivity contribution in [1.82, 2.24) is 5.06 Å². The van der Waals surface area contributed by atoms with Gasteiger partial charge in [-0.05, 0) is 13.8 Å². The van der Waals surface area contributed by atoms with E-state index in [1.165, 1.54) is 0 Å². The van der Waals surface area contributed by atoms with Crippen LogP contribution < -0.4 is 0 Å². The largest absolute Gasteiger partial charge is 0.465 e. The molecule has 0 aromatic rings. The van der Waals surface area contributed by atoms with Crippen molar-refractivity contribution in [2.24, 2.45) is 0 Å². The van der Waals surface area contributed by atoms with Crippen molar-refractivity contribution in [2.45, 2.75) is 13.8 Å². The molecule has 9 heteroatoms. The van der Waals surface area contributed by atoms with Crippen molar-refractivity contribution < 1.29 is 33.8 Å². The number of nitrogens with zero attached hydrogens (tertiary/aromatic N) is 1. The van der Waals surface area contributed by atoms with Gasteiger partial charge in [0, 0.05) is 0 Å². The molecule has 16 heavy (non-hydrogen) atoms. The number of carbonyl (C=O) groups is 1. The molecule has 0 amide bonds.